The molecule has 0 aromatic rings. The molecule has 1 aliphatic carbocycles. The van der Waals surface area contributed by atoms with Crippen LogP contribution >= 0.6 is 23.2 Å². The van der Waals surface area contributed by atoms with Crippen molar-refractivity contribution in [3.63, 3.8) is 0 Å². The van der Waals surface area contributed by atoms with E-state index in [0.29, 0.717) is 0 Å². The Hall–Kier alpha value is -0.230. The number of halogens is 2. The highest BCUT2D eigenvalue weighted by Crippen LogP contribution is 2.61. The molecule has 0 unspecified atom stereocenters. The lowest BCUT2D eigenvalue weighted by Crippen LogP contribution is -2.73. The molecule has 4 atom stereocenters. The third-order valence-electron chi connectivity index (χ3n) is 2.43. The average Bonchev–Trinajstić information content (AvgIpc) is 2.55. The van der Waals surface area contributed by atoms with E-state index in [0.717, 1.165) is 0 Å². The van der Waals surface area contributed by atoms with Crippen LogP contribution in [0.25, 0.3) is 0 Å². The third-order valence-corrected chi connectivity index (χ3v) is 3.67. The third kappa shape index (κ3) is 0.676. The Morgan fingerprint density at radius 2 is 1.62 bits per heavy atom. The second kappa shape index (κ2) is 2.06. The maximum Gasteiger partial charge on any atom is 0.512 e. The number of ether oxygens (including phenoxy) is 4. The van der Waals surface area contributed by atoms with Gasteiger partial charge in [0.05, 0.1) is 0 Å². The molecule has 0 N–H and O–H groups in total. The molecule has 72 valence electrons. The van der Waals surface area contributed by atoms with Crippen LogP contribution in [-0.2, 0) is 18.9 Å². The Balaban J connectivity index is 2.02. The molecule has 3 fully saturated rings. The number of fused-ring (bicyclic) bond motifs is 4. The summed E-state index contributed by atoms with van der Waals surface area (Å²) in [5.41, 5.74) is 0. The van der Waals surface area contributed by atoms with Crippen LogP contribution in [0.15, 0.2) is 0 Å². The van der Waals surface area contributed by atoms with Crippen molar-refractivity contribution in [2.75, 3.05) is 6.79 Å². The van der Waals surface area contributed by atoms with Crippen molar-refractivity contribution < 1.29 is 23.7 Å². The highest BCUT2D eigenvalue weighted by molar-refractivity contribution is 6.37. The zero-order chi connectivity index (χ0) is 9.27. The van der Waals surface area contributed by atoms with Gasteiger partial charge >= 0.3 is 6.16 Å². The SMILES string of the molecule is O=C1O[C@@]2(Cl)[C@@H]3OCO[C@@H]3[C@@]2(Cl)O1. The molecule has 0 radical (unpaired) electrons. The number of hydrogen-bond donors (Lipinski definition) is 0. The average molecular weight is 227 g/mol. The quantitative estimate of drug-likeness (QED) is 0.452. The summed E-state index contributed by atoms with van der Waals surface area (Å²) in [6, 6.07) is 0. The van der Waals surface area contributed by atoms with E-state index in [4.69, 9.17) is 42.1 Å². The molecule has 0 spiro atoms. The fraction of sp³-hybridized carbons (Fsp3) is 0.833. The lowest BCUT2D eigenvalue weighted by Gasteiger charge is -2.48. The second-order valence-electron chi connectivity index (χ2n) is 3.04. The van der Waals surface area contributed by atoms with E-state index in [1.807, 2.05) is 0 Å². The van der Waals surface area contributed by atoms with Gasteiger partial charge in [0.15, 0.2) is 12.2 Å². The van der Waals surface area contributed by atoms with Crippen LogP contribution in [0.4, 0.5) is 4.79 Å². The van der Waals surface area contributed by atoms with Crippen molar-refractivity contribution in [1.29, 1.82) is 0 Å². The van der Waals surface area contributed by atoms with Crippen molar-refractivity contribution in [2.45, 2.75) is 22.3 Å². The zero-order valence-electron chi connectivity index (χ0n) is 6.16. The maximum atomic E-state index is 10.8. The Morgan fingerprint density at radius 1 is 1.15 bits per heavy atom. The molecule has 2 aliphatic heterocycles. The molecule has 0 aromatic heterocycles. The minimum absolute atomic E-state index is 0.0825. The van der Waals surface area contributed by atoms with Crippen molar-refractivity contribution in [2.24, 2.45) is 0 Å². The van der Waals surface area contributed by atoms with Gasteiger partial charge in [-0.1, -0.05) is 23.2 Å². The lowest BCUT2D eigenvalue weighted by molar-refractivity contribution is -0.158. The van der Waals surface area contributed by atoms with Crippen molar-refractivity contribution in [1.82, 2.24) is 0 Å². The Bertz CT molecular complexity index is 271. The number of hydrogen-bond acceptors (Lipinski definition) is 5. The molecular weight excluding hydrogens is 223 g/mol. The maximum absolute atomic E-state index is 10.8. The first-order valence-electron chi connectivity index (χ1n) is 3.61. The number of carbonyl (C=O) groups is 1. The summed E-state index contributed by atoms with van der Waals surface area (Å²) in [6.07, 6.45) is -1.98. The van der Waals surface area contributed by atoms with Gasteiger partial charge in [-0.05, 0) is 0 Å². The first-order valence-corrected chi connectivity index (χ1v) is 4.36. The normalized spacial score (nSPS) is 57.5. The van der Waals surface area contributed by atoms with Gasteiger partial charge in [0.1, 0.15) is 6.79 Å². The van der Waals surface area contributed by atoms with E-state index in [9.17, 15) is 4.79 Å². The zero-order valence-corrected chi connectivity index (χ0v) is 7.67. The summed E-state index contributed by atoms with van der Waals surface area (Å²) in [6.45, 7) is 0.0825. The molecule has 3 rings (SSSR count). The van der Waals surface area contributed by atoms with Crippen LogP contribution in [-0.4, -0.2) is 35.3 Å². The van der Waals surface area contributed by atoms with Crippen LogP contribution < -0.4 is 0 Å². The van der Waals surface area contributed by atoms with Gasteiger partial charge in [0.2, 0.25) is 0 Å². The summed E-state index contributed by atoms with van der Waals surface area (Å²) in [4.78, 5) is 10.8. The summed E-state index contributed by atoms with van der Waals surface area (Å²) in [5, 5.41) is -2.88. The summed E-state index contributed by atoms with van der Waals surface area (Å²) in [7, 11) is 0. The summed E-state index contributed by atoms with van der Waals surface area (Å²) >= 11 is 11.9. The van der Waals surface area contributed by atoms with Gasteiger partial charge < -0.3 is 18.9 Å². The van der Waals surface area contributed by atoms with Gasteiger partial charge in [-0.25, -0.2) is 4.79 Å². The first-order chi connectivity index (χ1) is 6.08. The Kier molecular flexibility index (Phi) is 1.28. The van der Waals surface area contributed by atoms with Crippen LogP contribution in [0, 0.1) is 0 Å². The molecule has 2 heterocycles. The van der Waals surface area contributed by atoms with Crippen molar-refractivity contribution in [3.8, 4) is 0 Å². The topological polar surface area (TPSA) is 54.0 Å². The summed E-state index contributed by atoms with van der Waals surface area (Å²) < 4.78 is 19.6. The molecule has 0 amide bonds. The molecule has 2 saturated heterocycles. The van der Waals surface area contributed by atoms with E-state index in [1.165, 1.54) is 0 Å². The van der Waals surface area contributed by atoms with E-state index >= 15 is 0 Å². The van der Waals surface area contributed by atoms with E-state index in [-0.39, 0.29) is 6.79 Å². The molecule has 1 saturated carbocycles. The van der Waals surface area contributed by atoms with Crippen molar-refractivity contribution >= 4 is 29.4 Å². The minimum atomic E-state index is -1.44. The van der Waals surface area contributed by atoms with Crippen molar-refractivity contribution in [3.05, 3.63) is 0 Å². The summed E-state index contributed by atoms with van der Waals surface area (Å²) in [5.74, 6) is 0. The molecule has 7 heteroatoms. The van der Waals surface area contributed by atoms with Crippen LogP contribution in [0.3, 0.4) is 0 Å². The van der Waals surface area contributed by atoms with Crippen LogP contribution in [0.2, 0.25) is 0 Å². The largest absolute Gasteiger partial charge is 0.512 e. The standard InChI is InChI=1S/C6H4Cl2O5/c7-5-2-3(11-1-10-2)6(5,8)13-4(9)12-5/h2-3H,1H2/t2-,3+,5+,6-. The van der Waals surface area contributed by atoms with Gasteiger partial charge in [0.25, 0.3) is 10.1 Å². The predicted octanol–water partition coefficient (Wildman–Crippen LogP) is 0.778. The van der Waals surface area contributed by atoms with Gasteiger partial charge in [-0.15, -0.1) is 0 Å². The van der Waals surface area contributed by atoms with Gasteiger partial charge in [-0.2, -0.15) is 0 Å². The van der Waals surface area contributed by atoms with E-state index in [1.54, 1.807) is 0 Å². The number of rotatable bonds is 0. The monoisotopic (exact) mass is 226 g/mol. The first kappa shape index (κ1) is 8.11. The lowest BCUT2D eigenvalue weighted by atomic mass is 9.83. The van der Waals surface area contributed by atoms with Crippen LogP contribution in [0.5, 0.6) is 0 Å². The van der Waals surface area contributed by atoms with E-state index in [2.05, 4.69) is 0 Å². The number of alkyl halides is 2. The van der Waals surface area contributed by atoms with Gasteiger partial charge in [0, 0.05) is 0 Å². The molecule has 13 heavy (non-hydrogen) atoms. The molecule has 3 aliphatic rings. The smallest absolute Gasteiger partial charge is 0.403 e. The second-order valence-corrected chi connectivity index (χ2v) is 4.16. The minimum Gasteiger partial charge on any atom is -0.403 e. The number of carbonyl (C=O) groups excluding carboxylic acids is 1. The fourth-order valence-electron chi connectivity index (χ4n) is 1.77. The Morgan fingerprint density at radius 3 is 2.08 bits per heavy atom. The molecule has 0 aromatic carbocycles. The molecule has 5 nitrogen and oxygen atoms in total. The van der Waals surface area contributed by atoms with Crippen LogP contribution in [0.1, 0.15) is 0 Å². The molecule has 0 bridgehead atoms. The molecular formula is C6H4Cl2O5. The highest BCUT2D eigenvalue weighted by atomic mass is 35.5. The predicted molar refractivity (Wildman–Crippen MR) is 39.3 cm³/mol. The van der Waals surface area contributed by atoms with E-state index < -0.39 is 28.5 Å². The highest BCUT2D eigenvalue weighted by Gasteiger charge is 2.84. The van der Waals surface area contributed by atoms with Gasteiger partial charge in [-0.3, -0.25) is 0 Å². The fourth-order valence-corrected chi connectivity index (χ4v) is 2.55. The Labute approximate surface area is 82.8 Å².